The predicted molar refractivity (Wildman–Crippen MR) is 85.2 cm³/mol. The number of phenolic OH excluding ortho intramolecular Hbond substituents is 1. The molecule has 1 aromatic heterocycles. The summed E-state index contributed by atoms with van der Waals surface area (Å²) in [5.41, 5.74) is 3.30. The topological polar surface area (TPSA) is 62.2 Å². The molecule has 0 aliphatic rings. The first-order chi connectivity index (χ1) is 10.0. The molecular weight excluding hydrogens is 284 g/mol. The van der Waals surface area contributed by atoms with E-state index in [-0.39, 0.29) is 11.7 Å². The summed E-state index contributed by atoms with van der Waals surface area (Å²) in [6.07, 6.45) is 0. The van der Waals surface area contributed by atoms with Gasteiger partial charge in [0, 0.05) is 5.56 Å². The van der Waals surface area contributed by atoms with Gasteiger partial charge in [-0.25, -0.2) is 4.98 Å². The molecule has 2 N–H and O–H groups in total. The highest BCUT2D eigenvalue weighted by molar-refractivity contribution is 7.22. The van der Waals surface area contributed by atoms with Crippen molar-refractivity contribution < 1.29 is 9.90 Å². The van der Waals surface area contributed by atoms with Gasteiger partial charge in [-0.2, -0.15) is 0 Å². The molecule has 4 nitrogen and oxygen atoms in total. The Morgan fingerprint density at radius 1 is 1.19 bits per heavy atom. The van der Waals surface area contributed by atoms with Gasteiger partial charge in [-0.15, -0.1) is 0 Å². The molecule has 0 aliphatic carbocycles. The van der Waals surface area contributed by atoms with Gasteiger partial charge >= 0.3 is 0 Å². The number of thiazole rings is 1. The number of rotatable bonds is 2. The molecule has 106 valence electrons. The number of amides is 1. The molecular formula is C16H14N2O2S. The van der Waals surface area contributed by atoms with Gasteiger partial charge in [-0.3, -0.25) is 10.1 Å². The van der Waals surface area contributed by atoms with E-state index in [1.807, 2.05) is 19.1 Å². The Hall–Kier alpha value is -2.40. The smallest absolute Gasteiger partial charge is 0.257 e. The van der Waals surface area contributed by atoms with Crippen LogP contribution in [0.25, 0.3) is 10.2 Å². The lowest BCUT2D eigenvalue weighted by atomic mass is 10.1. The Kier molecular flexibility index (Phi) is 3.35. The van der Waals surface area contributed by atoms with Crippen molar-refractivity contribution >= 4 is 32.6 Å². The molecule has 3 rings (SSSR count). The SMILES string of the molecule is Cc1ccc2nc(NC(=O)c3ccc(O)cc3C)sc2c1. The molecule has 0 fully saturated rings. The van der Waals surface area contributed by atoms with Crippen LogP contribution >= 0.6 is 11.3 Å². The van der Waals surface area contributed by atoms with Crippen LogP contribution in [0.2, 0.25) is 0 Å². The Morgan fingerprint density at radius 3 is 2.76 bits per heavy atom. The van der Waals surface area contributed by atoms with Crippen molar-refractivity contribution in [2.45, 2.75) is 13.8 Å². The molecule has 2 aromatic carbocycles. The fourth-order valence-electron chi connectivity index (χ4n) is 2.15. The fourth-order valence-corrected chi connectivity index (χ4v) is 3.11. The summed E-state index contributed by atoms with van der Waals surface area (Å²) in [5, 5.41) is 12.8. The maximum absolute atomic E-state index is 12.3. The van der Waals surface area contributed by atoms with Crippen LogP contribution in [0.15, 0.2) is 36.4 Å². The van der Waals surface area contributed by atoms with E-state index in [2.05, 4.69) is 16.4 Å². The number of nitrogens with one attached hydrogen (secondary N) is 1. The number of aryl methyl sites for hydroxylation is 2. The molecule has 1 amide bonds. The summed E-state index contributed by atoms with van der Waals surface area (Å²) in [4.78, 5) is 16.7. The number of aromatic nitrogens is 1. The van der Waals surface area contributed by atoms with Crippen molar-refractivity contribution in [3.63, 3.8) is 0 Å². The third kappa shape index (κ3) is 2.73. The number of benzene rings is 2. The van der Waals surface area contributed by atoms with Gasteiger partial charge < -0.3 is 5.11 Å². The van der Waals surface area contributed by atoms with Gasteiger partial charge in [0.05, 0.1) is 10.2 Å². The molecule has 0 bridgehead atoms. The Morgan fingerprint density at radius 2 is 2.00 bits per heavy atom. The number of hydrogen-bond donors (Lipinski definition) is 2. The van der Waals surface area contributed by atoms with Crippen molar-refractivity contribution in [1.82, 2.24) is 4.98 Å². The van der Waals surface area contributed by atoms with Crippen LogP contribution < -0.4 is 5.32 Å². The molecule has 21 heavy (non-hydrogen) atoms. The predicted octanol–water partition coefficient (Wildman–Crippen LogP) is 3.87. The maximum Gasteiger partial charge on any atom is 0.257 e. The largest absolute Gasteiger partial charge is 0.508 e. The van der Waals surface area contributed by atoms with Crippen molar-refractivity contribution in [2.75, 3.05) is 5.32 Å². The summed E-state index contributed by atoms with van der Waals surface area (Å²) in [6.45, 7) is 3.81. The summed E-state index contributed by atoms with van der Waals surface area (Å²) in [5.74, 6) is -0.0669. The standard InChI is InChI=1S/C16H14N2O2S/c1-9-3-6-13-14(7-9)21-16(17-13)18-15(20)12-5-4-11(19)8-10(12)2/h3-8,19H,1-2H3,(H,17,18,20). The number of phenols is 1. The lowest BCUT2D eigenvalue weighted by molar-refractivity contribution is 0.102. The first-order valence-corrected chi connectivity index (χ1v) is 7.33. The molecule has 0 saturated carbocycles. The van der Waals surface area contributed by atoms with Gasteiger partial charge in [0.15, 0.2) is 5.13 Å². The van der Waals surface area contributed by atoms with E-state index in [4.69, 9.17) is 0 Å². The van der Waals surface area contributed by atoms with Crippen molar-refractivity contribution in [3.05, 3.63) is 53.1 Å². The normalized spacial score (nSPS) is 10.8. The number of hydrogen-bond acceptors (Lipinski definition) is 4. The molecule has 0 radical (unpaired) electrons. The molecule has 3 aromatic rings. The third-order valence-corrected chi connectivity index (χ3v) is 4.15. The summed E-state index contributed by atoms with van der Waals surface area (Å²) >= 11 is 1.45. The minimum atomic E-state index is -0.219. The van der Waals surface area contributed by atoms with Gasteiger partial charge in [-0.1, -0.05) is 17.4 Å². The maximum atomic E-state index is 12.3. The monoisotopic (exact) mass is 298 g/mol. The Balaban J connectivity index is 1.89. The number of aromatic hydroxyl groups is 1. The van der Waals surface area contributed by atoms with Gasteiger partial charge in [-0.05, 0) is 55.3 Å². The molecule has 0 saturated heterocycles. The molecule has 0 spiro atoms. The molecule has 0 atom stereocenters. The highest BCUT2D eigenvalue weighted by Crippen LogP contribution is 2.27. The molecule has 0 unspecified atom stereocenters. The summed E-state index contributed by atoms with van der Waals surface area (Å²) in [7, 11) is 0. The number of fused-ring (bicyclic) bond motifs is 1. The van der Waals surface area contributed by atoms with E-state index >= 15 is 0 Å². The van der Waals surface area contributed by atoms with E-state index in [1.165, 1.54) is 23.0 Å². The van der Waals surface area contributed by atoms with E-state index in [0.717, 1.165) is 15.8 Å². The van der Waals surface area contributed by atoms with Gasteiger partial charge in [0.1, 0.15) is 5.75 Å². The summed E-state index contributed by atoms with van der Waals surface area (Å²) in [6, 6.07) is 10.7. The van der Waals surface area contributed by atoms with Crippen LogP contribution in [0.4, 0.5) is 5.13 Å². The van der Waals surface area contributed by atoms with Crippen LogP contribution in [-0.2, 0) is 0 Å². The zero-order valence-electron chi connectivity index (χ0n) is 11.7. The number of carbonyl (C=O) groups is 1. The van der Waals surface area contributed by atoms with E-state index in [1.54, 1.807) is 19.1 Å². The first-order valence-electron chi connectivity index (χ1n) is 6.51. The molecule has 0 aliphatic heterocycles. The summed E-state index contributed by atoms with van der Waals surface area (Å²) < 4.78 is 1.05. The minimum absolute atomic E-state index is 0.152. The fraction of sp³-hybridized carbons (Fsp3) is 0.125. The number of carbonyl (C=O) groups excluding carboxylic acids is 1. The molecule has 1 heterocycles. The zero-order valence-corrected chi connectivity index (χ0v) is 12.5. The second-order valence-electron chi connectivity index (χ2n) is 4.94. The van der Waals surface area contributed by atoms with Crippen molar-refractivity contribution in [2.24, 2.45) is 0 Å². The minimum Gasteiger partial charge on any atom is -0.508 e. The average molecular weight is 298 g/mol. The average Bonchev–Trinajstić information content (AvgIpc) is 2.79. The Labute approximate surface area is 126 Å². The highest BCUT2D eigenvalue weighted by atomic mass is 32.1. The second kappa shape index (κ2) is 5.18. The van der Waals surface area contributed by atoms with Crippen LogP contribution in [0.3, 0.4) is 0 Å². The third-order valence-electron chi connectivity index (χ3n) is 3.22. The quantitative estimate of drug-likeness (QED) is 0.755. The highest BCUT2D eigenvalue weighted by Gasteiger charge is 2.12. The van der Waals surface area contributed by atoms with E-state index in [0.29, 0.717) is 10.7 Å². The lowest BCUT2D eigenvalue weighted by Gasteiger charge is -2.05. The van der Waals surface area contributed by atoms with E-state index in [9.17, 15) is 9.90 Å². The van der Waals surface area contributed by atoms with Crippen molar-refractivity contribution in [3.8, 4) is 5.75 Å². The van der Waals surface area contributed by atoms with Gasteiger partial charge in [0.2, 0.25) is 0 Å². The van der Waals surface area contributed by atoms with E-state index < -0.39 is 0 Å². The number of anilines is 1. The molecule has 5 heteroatoms. The van der Waals surface area contributed by atoms with Crippen LogP contribution in [0, 0.1) is 13.8 Å². The first kappa shape index (κ1) is 13.6. The zero-order chi connectivity index (χ0) is 15.0. The van der Waals surface area contributed by atoms with Gasteiger partial charge in [0.25, 0.3) is 5.91 Å². The van der Waals surface area contributed by atoms with Crippen LogP contribution in [0.1, 0.15) is 21.5 Å². The lowest BCUT2D eigenvalue weighted by Crippen LogP contribution is -2.12. The van der Waals surface area contributed by atoms with Crippen molar-refractivity contribution in [1.29, 1.82) is 0 Å². The number of nitrogens with zero attached hydrogens (tertiary/aromatic N) is 1. The van der Waals surface area contributed by atoms with Crippen LogP contribution in [0.5, 0.6) is 5.75 Å². The van der Waals surface area contributed by atoms with Crippen LogP contribution in [-0.4, -0.2) is 16.0 Å². The Bertz CT molecular complexity index is 839. The second-order valence-corrected chi connectivity index (χ2v) is 5.97.